The van der Waals surface area contributed by atoms with E-state index in [0.717, 1.165) is 24.3 Å². The van der Waals surface area contributed by atoms with E-state index in [9.17, 15) is 0 Å². The fourth-order valence-corrected chi connectivity index (χ4v) is 2.76. The number of thioether (sulfide) groups is 1. The van der Waals surface area contributed by atoms with Crippen molar-refractivity contribution in [3.63, 3.8) is 0 Å². The van der Waals surface area contributed by atoms with Gasteiger partial charge in [-0.3, -0.25) is 0 Å². The lowest BCUT2D eigenvalue weighted by atomic mass is 10.1. The monoisotopic (exact) mass is 179 g/mol. The van der Waals surface area contributed by atoms with Gasteiger partial charge >= 0.3 is 0 Å². The number of hydrogen-bond donors (Lipinski definition) is 0. The van der Waals surface area contributed by atoms with E-state index < -0.39 is 0 Å². The molecule has 59 valence electrons. The molecule has 0 bridgehead atoms. The highest BCUT2D eigenvalue weighted by Crippen LogP contribution is 2.24. The number of hydrogen-bond acceptors (Lipinski definition) is 2. The molecule has 0 aromatic rings. The summed E-state index contributed by atoms with van der Waals surface area (Å²) in [7, 11) is 0. The smallest absolute Gasteiger partial charge is 0.146 e. The predicted octanol–water partition coefficient (Wildman–Crippen LogP) is 2.05. The summed E-state index contributed by atoms with van der Waals surface area (Å²) in [5.74, 6) is 1.94. The molecule has 10 heavy (non-hydrogen) atoms. The first-order valence-electron chi connectivity index (χ1n) is 3.72. The highest BCUT2D eigenvalue weighted by molar-refractivity contribution is 8.00. The van der Waals surface area contributed by atoms with Crippen LogP contribution < -0.4 is 4.42 Å². The van der Waals surface area contributed by atoms with Crippen LogP contribution in [0.4, 0.5) is 0 Å². The Morgan fingerprint density at radius 1 is 1.60 bits per heavy atom. The topological polar surface area (TPSA) is 5.90 Å². The molecule has 0 N–H and O–H groups in total. The molecular formula is C7H14ClNS+. The van der Waals surface area contributed by atoms with Crippen LogP contribution in [0.5, 0.6) is 0 Å². The summed E-state index contributed by atoms with van der Waals surface area (Å²) >= 11 is 7.92. The van der Waals surface area contributed by atoms with E-state index in [2.05, 4.69) is 13.8 Å². The molecule has 1 saturated heterocycles. The zero-order valence-corrected chi connectivity index (χ0v) is 8.08. The molecule has 1 atom stereocenters. The van der Waals surface area contributed by atoms with Gasteiger partial charge in [-0.15, -0.1) is 11.8 Å². The molecule has 1 heterocycles. The highest BCUT2D eigenvalue weighted by Gasteiger charge is 2.28. The molecule has 0 spiro atoms. The van der Waals surface area contributed by atoms with E-state index in [-0.39, 0.29) is 0 Å². The van der Waals surface area contributed by atoms with Crippen molar-refractivity contribution in [1.29, 1.82) is 0 Å². The zero-order valence-electron chi connectivity index (χ0n) is 6.51. The van der Waals surface area contributed by atoms with E-state index in [0.29, 0.717) is 0 Å². The van der Waals surface area contributed by atoms with Gasteiger partial charge in [-0.05, 0) is 5.92 Å². The molecule has 0 aromatic heterocycles. The average molecular weight is 180 g/mol. The molecule has 0 aliphatic carbocycles. The summed E-state index contributed by atoms with van der Waals surface area (Å²) in [4.78, 5) is 0. The first kappa shape index (κ1) is 8.69. The summed E-state index contributed by atoms with van der Waals surface area (Å²) < 4.78 is 1.90. The summed E-state index contributed by atoms with van der Waals surface area (Å²) in [6, 6.07) is 0. The third-order valence-corrected chi connectivity index (χ3v) is 3.63. The third kappa shape index (κ3) is 2.33. The van der Waals surface area contributed by atoms with E-state index in [1.54, 1.807) is 0 Å². The van der Waals surface area contributed by atoms with E-state index >= 15 is 0 Å². The fraction of sp³-hybridized carbons (Fsp3) is 1.00. The van der Waals surface area contributed by atoms with Crippen molar-refractivity contribution >= 4 is 23.5 Å². The lowest BCUT2D eigenvalue weighted by molar-refractivity contribution is 0.508. The van der Waals surface area contributed by atoms with Crippen LogP contribution >= 0.6 is 23.5 Å². The minimum absolute atomic E-state index is 0.742. The predicted molar refractivity (Wildman–Crippen MR) is 48.8 cm³/mol. The number of rotatable bonds is 1. The van der Waals surface area contributed by atoms with Crippen LogP contribution in [-0.2, 0) is 0 Å². The van der Waals surface area contributed by atoms with Crippen molar-refractivity contribution in [3.05, 3.63) is 0 Å². The largest absolute Gasteiger partial charge is 0.225 e. The van der Waals surface area contributed by atoms with Gasteiger partial charge in [0.15, 0.2) is 13.1 Å². The van der Waals surface area contributed by atoms with E-state index in [4.69, 9.17) is 11.8 Å². The summed E-state index contributed by atoms with van der Waals surface area (Å²) in [6.45, 7) is 6.60. The molecule has 0 amide bonds. The van der Waals surface area contributed by atoms with Crippen molar-refractivity contribution in [2.45, 2.75) is 19.1 Å². The third-order valence-electron chi connectivity index (χ3n) is 1.79. The van der Waals surface area contributed by atoms with Crippen LogP contribution in [0.3, 0.4) is 0 Å². The highest BCUT2D eigenvalue weighted by atomic mass is 35.5. The molecule has 1 nitrogen and oxygen atoms in total. The summed E-state index contributed by atoms with van der Waals surface area (Å²) in [6.07, 6.45) is 0. The molecule has 1 aliphatic rings. The van der Waals surface area contributed by atoms with E-state index in [1.165, 1.54) is 5.75 Å². The molecule has 0 aromatic carbocycles. The van der Waals surface area contributed by atoms with Gasteiger partial charge in [0.1, 0.15) is 0 Å². The lowest BCUT2D eigenvalue weighted by Gasteiger charge is -2.22. The maximum Gasteiger partial charge on any atom is 0.225 e. The lowest BCUT2D eigenvalue weighted by Crippen LogP contribution is -2.37. The Balaban J connectivity index is 2.32. The van der Waals surface area contributed by atoms with Crippen molar-refractivity contribution in [2.24, 2.45) is 5.92 Å². The van der Waals surface area contributed by atoms with Gasteiger partial charge in [0.25, 0.3) is 0 Å². The molecule has 3 heteroatoms. The fourth-order valence-electron chi connectivity index (χ4n) is 1.05. The van der Waals surface area contributed by atoms with E-state index in [1.807, 2.05) is 16.2 Å². The first-order valence-corrected chi connectivity index (χ1v) is 5.11. The first-order chi connectivity index (χ1) is 4.70. The molecule has 0 saturated carbocycles. The Kier molecular flexibility index (Phi) is 3.34. The molecule has 1 radical (unpaired) electrons. The van der Waals surface area contributed by atoms with Gasteiger partial charge in [-0.2, -0.15) is 0 Å². The minimum atomic E-state index is 0.742. The average Bonchev–Trinajstić information content (AvgIpc) is 1.88. The second-order valence-corrected chi connectivity index (χ2v) is 4.85. The molecule has 1 unspecified atom stereocenters. The van der Waals surface area contributed by atoms with Crippen LogP contribution in [0, 0.1) is 5.92 Å². The van der Waals surface area contributed by atoms with Crippen LogP contribution in [0.15, 0.2) is 0 Å². The Labute approximate surface area is 72.2 Å². The second-order valence-electron chi connectivity index (χ2n) is 3.02. The van der Waals surface area contributed by atoms with Crippen LogP contribution in [-0.4, -0.2) is 24.1 Å². The Bertz CT molecular complexity index is 108. The Morgan fingerprint density at radius 3 is 2.70 bits per heavy atom. The van der Waals surface area contributed by atoms with Gasteiger partial charge in [-0.25, -0.2) is 0 Å². The summed E-state index contributed by atoms with van der Waals surface area (Å²) in [5.41, 5.74) is 0. The standard InChI is InChI=1S/C7H14ClNS/c1-6(2)7-5-9(8)3-4-10-7/h6-7H,3-5H2,1-2H3/q+1. The SMILES string of the molecule is CC(C)C1C[N+](Cl)CCS1. The van der Waals surface area contributed by atoms with Gasteiger partial charge in [-0.1, -0.05) is 18.3 Å². The molecule has 1 rings (SSSR count). The van der Waals surface area contributed by atoms with Gasteiger partial charge in [0.2, 0.25) is 11.8 Å². The van der Waals surface area contributed by atoms with Crippen molar-refractivity contribution in [3.8, 4) is 0 Å². The Morgan fingerprint density at radius 2 is 2.30 bits per heavy atom. The maximum atomic E-state index is 5.88. The summed E-state index contributed by atoms with van der Waals surface area (Å²) in [5, 5.41) is 0.742. The van der Waals surface area contributed by atoms with Gasteiger partial charge in [0, 0.05) is 5.75 Å². The van der Waals surface area contributed by atoms with Crippen molar-refractivity contribution < 1.29 is 0 Å². The molecule has 1 aliphatic heterocycles. The normalized spacial score (nSPS) is 29.4. The molecule has 1 fully saturated rings. The number of nitrogens with zero attached hydrogens (tertiary/aromatic N) is 1. The number of halogens is 1. The van der Waals surface area contributed by atoms with Crippen molar-refractivity contribution in [2.75, 3.05) is 18.8 Å². The zero-order chi connectivity index (χ0) is 7.56. The van der Waals surface area contributed by atoms with Crippen LogP contribution in [0.1, 0.15) is 13.8 Å². The van der Waals surface area contributed by atoms with Gasteiger partial charge < -0.3 is 0 Å². The maximum absolute atomic E-state index is 5.88. The van der Waals surface area contributed by atoms with Crippen molar-refractivity contribution in [1.82, 2.24) is 4.42 Å². The van der Waals surface area contributed by atoms with Crippen LogP contribution in [0.25, 0.3) is 0 Å². The molecular weight excluding hydrogens is 166 g/mol. The quantitative estimate of drug-likeness (QED) is 0.559. The van der Waals surface area contributed by atoms with Crippen LogP contribution in [0.2, 0.25) is 0 Å². The second kappa shape index (κ2) is 3.84. The van der Waals surface area contributed by atoms with Gasteiger partial charge in [0.05, 0.1) is 5.25 Å². The minimum Gasteiger partial charge on any atom is -0.146 e. The Hall–Kier alpha value is 0.600.